The van der Waals surface area contributed by atoms with Crippen LogP contribution in [0.3, 0.4) is 0 Å². The largest absolute Gasteiger partial charge is 0.229 e. The molecule has 2 rings (SSSR count). The van der Waals surface area contributed by atoms with Crippen LogP contribution in [0.4, 0.5) is 0 Å². The first-order chi connectivity index (χ1) is 8.56. The van der Waals surface area contributed by atoms with Gasteiger partial charge in [0, 0.05) is 6.26 Å². The Morgan fingerprint density at radius 3 is 1.56 bits per heavy atom. The standard InChI is InChI=1S/C14H15O2PS/c1-18(15,16)12-17(13-8-4-2-5-9-13)14-10-6-3-7-11-14/h2-11H,12H2,1H3. The van der Waals surface area contributed by atoms with E-state index in [0.717, 1.165) is 10.6 Å². The maximum Gasteiger partial charge on any atom is 0.152 e. The maximum absolute atomic E-state index is 11.6. The highest BCUT2D eigenvalue weighted by molar-refractivity contribution is 8.00. The van der Waals surface area contributed by atoms with Gasteiger partial charge in [0.1, 0.15) is 0 Å². The molecule has 2 nitrogen and oxygen atoms in total. The summed E-state index contributed by atoms with van der Waals surface area (Å²) in [5.74, 6) is 0. The highest BCUT2D eigenvalue weighted by Crippen LogP contribution is 2.34. The van der Waals surface area contributed by atoms with E-state index in [9.17, 15) is 8.42 Å². The number of rotatable bonds is 4. The van der Waals surface area contributed by atoms with E-state index in [1.165, 1.54) is 6.26 Å². The van der Waals surface area contributed by atoms with Crippen LogP contribution in [0.25, 0.3) is 0 Å². The van der Waals surface area contributed by atoms with Gasteiger partial charge in [0.2, 0.25) is 0 Å². The third kappa shape index (κ3) is 3.66. The minimum atomic E-state index is -2.99. The highest BCUT2D eigenvalue weighted by Gasteiger charge is 2.18. The zero-order valence-electron chi connectivity index (χ0n) is 10.2. The summed E-state index contributed by atoms with van der Waals surface area (Å²) in [7, 11) is -3.82. The van der Waals surface area contributed by atoms with Crippen LogP contribution >= 0.6 is 7.92 Å². The maximum atomic E-state index is 11.6. The van der Waals surface area contributed by atoms with Crippen molar-refractivity contribution in [3.8, 4) is 0 Å². The van der Waals surface area contributed by atoms with Crippen LogP contribution in [-0.4, -0.2) is 20.2 Å². The van der Waals surface area contributed by atoms with Crippen molar-refractivity contribution in [1.82, 2.24) is 0 Å². The molecular weight excluding hydrogens is 263 g/mol. The van der Waals surface area contributed by atoms with Gasteiger partial charge in [0.25, 0.3) is 0 Å². The van der Waals surface area contributed by atoms with E-state index in [1.54, 1.807) is 0 Å². The van der Waals surface area contributed by atoms with Crippen LogP contribution in [0.15, 0.2) is 60.7 Å². The molecule has 2 aromatic rings. The van der Waals surface area contributed by atoms with Gasteiger partial charge >= 0.3 is 0 Å². The Kier molecular flexibility index (Phi) is 4.15. The Hall–Kier alpha value is -1.18. The van der Waals surface area contributed by atoms with Crippen molar-refractivity contribution >= 4 is 28.4 Å². The van der Waals surface area contributed by atoms with Gasteiger partial charge < -0.3 is 0 Å². The van der Waals surface area contributed by atoms with E-state index in [1.807, 2.05) is 60.7 Å². The van der Waals surface area contributed by atoms with Crippen LogP contribution in [0.5, 0.6) is 0 Å². The molecule has 0 aliphatic heterocycles. The summed E-state index contributed by atoms with van der Waals surface area (Å²) in [6.07, 6.45) is 1.30. The topological polar surface area (TPSA) is 34.1 Å². The molecular formula is C14H15O2PS. The van der Waals surface area contributed by atoms with Gasteiger partial charge in [-0.1, -0.05) is 60.7 Å². The Labute approximate surface area is 109 Å². The summed E-state index contributed by atoms with van der Waals surface area (Å²) in [4.78, 5) is 0. The molecule has 0 aromatic heterocycles. The number of sulfone groups is 1. The Morgan fingerprint density at radius 2 is 1.22 bits per heavy atom. The van der Waals surface area contributed by atoms with E-state index >= 15 is 0 Å². The van der Waals surface area contributed by atoms with E-state index in [4.69, 9.17) is 0 Å². The lowest BCUT2D eigenvalue weighted by Gasteiger charge is -2.17. The second-order valence-electron chi connectivity index (χ2n) is 4.15. The lowest BCUT2D eigenvalue weighted by molar-refractivity contribution is 0.606. The molecule has 0 aliphatic rings. The number of benzene rings is 2. The summed E-state index contributed by atoms with van der Waals surface area (Å²) in [5.41, 5.74) is 0.205. The van der Waals surface area contributed by atoms with Gasteiger partial charge in [-0.3, -0.25) is 0 Å². The Morgan fingerprint density at radius 1 is 0.833 bits per heavy atom. The van der Waals surface area contributed by atoms with Crippen molar-refractivity contribution in [3.05, 3.63) is 60.7 Å². The second kappa shape index (κ2) is 5.64. The molecule has 0 bridgehead atoms. The van der Waals surface area contributed by atoms with Gasteiger partial charge in [-0.15, -0.1) is 0 Å². The normalized spacial score (nSPS) is 11.7. The quantitative estimate of drug-likeness (QED) is 0.803. The van der Waals surface area contributed by atoms with Crippen LogP contribution in [0.2, 0.25) is 0 Å². The zero-order valence-corrected chi connectivity index (χ0v) is 11.9. The monoisotopic (exact) mass is 278 g/mol. The highest BCUT2D eigenvalue weighted by atomic mass is 32.2. The Bertz CT molecular complexity index is 555. The lowest BCUT2D eigenvalue weighted by Crippen LogP contribution is -2.17. The van der Waals surface area contributed by atoms with Crippen LogP contribution < -0.4 is 10.6 Å². The molecule has 0 saturated heterocycles. The fourth-order valence-corrected chi connectivity index (χ4v) is 6.18. The first-order valence-corrected chi connectivity index (χ1v) is 9.20. The average Bonchev–Trinajstić information content (AvgIpc) is 2.37. The van der Waals surface area contributed by atoms with Crippen molar-refractivity contribution in [3.63, 3.8) is 0 Å². The van der Waals surface area contributed by atoms with Crippen molar-refractivity contribution in [2.45, 2.75) is 0 Å². The average molecular weight is 278 g/mol. The van der Waals surface area contributed by atoms with Gasteiger partial charge in [-0.2, -0.15) is 0 Å². The molecule has 0 atom stereocenters. The van der Waals surface area contributed by atoms with E-state index in [2.05, 4.69) is 0 Å². The molecule has 4 heteroatoms. The summed E-state index contributed by atoms with van der Waals surface area (Å²) in [6, 6.07) is 19.7. The molecule has 0 radical (unpaired) electrons. The molecule has 0 fully saturated rings. The van der Waals surface area contributed by atoms with Crippen LogP contribution in [0.1, 0.15) is 0 Å². The fourth-order valence-electron chi connectivity index (χ4n) is 1.75. The summed E-state index contributed by atoms with van der Waals surface area (Å²) in [5, 5.41) is 2.20. The van der Waals surface area contributed by atoms with Crippen molar-refractivity contribution in [2.75, 3.05) is 11.7 Å². The van der Waals surface area contributed by atoms with Crippen molar-refractivity contribution < 1.29 is 8.42 Å². The summed E-state index contributed by atoms with van der Waals surface area (Å²) >= 11 is 0. The summed E-state index contributed by atoms with van der Waals surface area (Å²) < 4.78 is 23.2. The van der Waals surface area contributed by atoms with Gasteiger partial charge in [-0.05, 0) is 18.5 Å². The predicted octanol–water partition coefficient (Wildman–Crippen LogP) is 2.12. The number of hydrogen-bond donors (Lipinski definition) is 0. The molecule has 0 saturated carbocycles. The minimum absolute atomic E-state index is 0.205. The van der Waals surface area contributed by atoms with Gasteiger partial charge in [0.15, 0.2) is 9.84 Å². The van der Waals surface area contributed by atoms with Crippen LogP contribution in [0, 0.1) is 0 Å². The minimum Gasteiger partial charge on any atom is -0.229 e. The SMILES string of the molecule is CS(=O)(=O)CP(c1ccccc1)c1ccccc1. The Balaban J connectivity index is 2.42. The first kappa shape index (κ1) is 13.3. The van der Waals surface area contributed by atoms with Crippen LogP contribution in [-0.2, 0) is 9.84 Å². The molecule has 2 aromatic carbocycles. The molecule has 0 amide bonds. The van der Waals surface area contributed by atoms with Crippen molar-refractivity contribution in [2.24, 2.45) is 0 Å². The first-order valence-electron chi connectivity index (χ1n) is 5.62. The summed E-state index contributed by atoms with van der Waals surface area (Å²) in [6.45, 7) is 0. The molecule has 0 unspecified atom stereocenters. The molecule has 94 valence electrons. The van der Waals surface area contributed by atoms with E-state index in [-0.39, 0.29) is 5.49 Å². The zero-order chi connectivity index (χ0) is 13.0. The van der Waals surface area contributed by atoms with Gasteiger partial charge in [0.05, 0.1) is 5.49 Å². The molecule has 18 heavy (non-hydrogen) atoms. The lowest BCUT2D eigenvalue weighted by atomic mass is 10.4. The second-order valence-corrected chi connectivity index (χ2v) is 8.93. The van der Waals surface area contributed by atoms with E-state index in [0.29, 0.717) is 0 Å². The smallest absolute Gasteiger partial charge is 0.152 e. The van der Waals surface area contributed by atoms with Gasteiger partial charge in [-0.25, -0.2) is 8.42 Å². The molecule has 0 spiro atoms. The van der Waals surface area contributed by atoms with E-state index < -0.39 is 17.8 Å². The third-order valence-electron chi connectivity index (χ3n) is 2.50. The number of hydrogen-bond acceptors (Lipinski definition) is 2. The third-order valence-corrected chi connectivity index (χ3v) is 7.25. The molecule has 0 heterocycles. The fraction of sp³-hybridized carbons (Fsp3) is 0.143. The molecule has 0 aliphatic carbocycles. The molecule has 0 N–H and O–H groups in total. The predicted molar refractivity (Wildman–Crippen MR) is 78.8 cm³/mol. The van der Waals surface area contributed by atoms with Crippen molar-refractivity contribution in [1.29, 1.82) is 0 Å².